The summed E-state index contributed by atoms with van der Waals surface area (Å²) in [7, 11) is -0.150. The molecule has 82 valence electrons. The molecule has 2 N–H and O–H groups in total. The molecule has 0 spiro atoms. The summed E-state index contributed by atoms with van der Waals surface area (Å²) in [5.41, 5.74) is 2.65. The van der Waals surface area contributed by atoms with Gasteiger partial charge in [-0.25, -0.2) is 4.98 Å². The Morgan fingerprint density at radius 3 is 2.75 bits per heavy atom. The van der Waals surface area contributed by atoms with Crippen LogP contribution in [0.5, 0.6) is 5.88 Å². The molecule has 0 unspecified atom stereocenters. The summed E-state index contributed by atoms with van der Waals surface area (Å²) in [4.78, 5) is 9.03. The van der Waals surface area contributed by atoms with Gasteiger partial charge in [-0.15, -0.1) is 11.3 Å². The lowest BCUT2D eigenvalue weighted by molar-refractivity contribution is 0.391. The van der Waals surface area contributed by atoms with Crippen molar-refractivity contribution in [1.82, 2.24) is 9.97 Å². The van der Waals surface area contributed by atoms with Gasteiger partial charge < -0.3 is 14.8 Å². The number of aromatic nitrogens is 2. The lowest BCUT2D eigenvalue weighted by atomic mass is 9.81. The van der Waals surface area contributed by atoms with E-state index in [0.29, 0.717) is 5.69 Å². The quantitative estimate of drug-likeness (QED) is 0.727. The van der Waals surface area contributed by atoms with Gasteiger partial charge in [0, 0.05) is 11.7 Å². The number of hydrogen-bond acceptors (Lipinski definition) is 6. The number of methoxy groups -OCH3 is 1. The molecular formula is C9H9BN2O3S. The number of hydrogen-bond donors (Lipinski definition) is 2. The highest BCUT2D eigenvalue weighted by Gasteiger charge is 2.18. The molecule has 2 aromatic heterocycles. The van der Waals surface area contributed by atoms with E-state index in [0.717, 1.165) is 4.88 Å². The average molecular weight is 236 g/mol. The molecule has 2 heterocycles. The van der Waals surface area contributed by atoms with Crippen LogP contribution in [0.2, 0.25) is 0 Å². The fraction of sp³-hybridized carbons (Fsp3) is 0.111. The maximum atomic E-state index is 9.08. The third-order valence-electron chi connectivity index (χ3n) is 2.05. The van der Waals surface area contributed by atoms with Crippen molar-refractivity contribution in [3.63, 3.8) is 0 Å². The molecule has 5 nitrogen and oxygen atoms in total. The summed E-state index contributed by atoms with van der Waals surface area (Å²) in [5, 5.41) is 18.2. The normalized spacial score (nSPS) is 10.2. The molecule has 2 aromatic rings. The summed E-state index contributed by atoms with van der Waals surface area (Å²) >= 11 is 1.46. The molecule has 0 bridgehead atoms. The highest BCUT2D eigenvalue weighted by atomic mass is 32.1. The maximum Gasteiger partial charge on any atom is 0.494 e. The molecule has 0 aromatic carbocycles. The molecule has 0 saturated heterocycles. The van der Waals surface area contributed by atoms with Gasteiger partial charge in [0.25, 0.3) is 0 Å². The van der Waals surface area contributed by atoms with E-state index < -0.39 is 7.12 Å². The molecule has 0 aliphatic heterocycles. The predicted octanol–water partition coefficient (Wildman–Crippen LogP) is -0.107. The van der Waals surface area contributed by atoms with E-state index in [-0.39, 0.29) is 11.3 Å². The van der Waals surface area contributed by atoms with Gasteiger partial charge in [0.1, 0.15) is 0 Å². The highest BCUT2D eigenvalue weighted by molar-refractivity contribution is 7.13. The standard InChI is InChI=1S/C9H9BN2O3S/c1-15-9-6(10(13)14)2-3-7(12-9)8-4-11-5-16-8/h2-5,13-14H,1H3. The number of thiazole rings is 1. The summed E-state index contributed by atoms with van der Waals surface area (Å²) < 4.78 is 5.00. The van der Waals surface area contributed by atoms with Gasteiger partial charge >= 0.3 is 7.12 Å². The van der Waals surface area contributed by atoms with Gasteiger partial charge in [0.2, 0.25) is 5.88 Å². The van der Waals surface area contributed by atoms with Crippen molar-refractivity contribution in [2.24, 2.45) is 0 Å². The van der Waals surface area contributed by atoms with Crippen LogP contribution in [0, 0.1) is 0 Å². The van der Waals surface area contributed by atoms with Crippen molar-refractivity contribution >= 4 is 23.9 Å². The average Bonchev–Trinajstić information content (AvgIpc) is 2.81. The molecule has 2 rings (SSSR count). The van der Waals surface area contributed by atoms with E-state index in [1.54, 1.807) is 23.8 Å². The van der Waals surface area contributed by atoms with Crippen molar-refractivity contribution in [1.29, 1.82) is 0 Å². The van der Waals surface area contributed by atoms with Gasteiger partial charge in [-0.2, -0.15) is 0 Å². The minimum absolute atomic E-state index is 0.209. The van der Waals surface area contributed by atoms with Crippen molar-refractivity contribution in [3.8, 4) is 16.5 Å². The molecule has 0 radical (unpaired) electrons. The van der Waals surface area contributed by atoms with Gasteiger partial charge in [0.15, 0.2) is 0 Å². The number of nitrogens with zero attached hydrogens (tertiary/aromatic N) is 2. The minimum atomic E-state index is -1.59. The molecular weight excluding hydrogens is 227 g/mol. The Morgan fingerprint density at radius 1 is 1.38 bits per heavy atom. The monoisotopic (exact) mass is 236 g/mol. The first-order valence-corrected chi connectivity index (χ1v) is 5.40. The molecule has 0 fully saturated rings. The van der Waals surface area contributed by atoms with Crippen LogP contribution < -0.4 is 10.2 Å². The largest absolute Gasteiger partial charge is 0.494 e. The Bertz CT molecular complexity index is 476. The summed E-state index contributed by atoms with van der Waals surface area (Å²) in [6.07, 6.45) is 1.70. The van der Waals surface area contributed by atoms with Gasteiger partial charge in [-0.3, -0.25) is 4.98 Å². The second-order valence-electron chi connectivity index (χ2n) is 3.03. The zero-order valence-corrected chi connectivity index (χ0v) is 9.31. The van der Waals surface area contributed by atoms with Crippen LogP contribution in [0.15, 0.2) is 23.8 Å². The number of rotatable bonds is 3. The Kier molecular flexibility index (Phi) is 3.18. The SMILES string of the molecule is COc1nc(-c2cncs2)ccc1B(O)O. The van der Waals surface area contributed by atoms with Gasteiger partial charge in [-0.05, 0) is 6.07 Å². The minimum Gasteiger partial charge on any atom is -0.481 e. The smallest absolute Gasteiger partial charge is 0.481 e. The summed E-state index contributed by atoms with van der Waals surface area (Å²) in [6.45, 7) is 0. The van der Waals surface area contributed by atoms with E-state index in [9.17, 15) is 0 Å². The first-order chi connectivity index (χ1) is 7.72. The third-order valence-corrected chi connectivity index (χ3v) is 2.84. The summed E-state index contributed by atoms with van der Waals surface area (Å²) in [5.74, 6) is 0.209. The zero-order chi connectivity index (χ0) is 11.5. The predicted molar refractivity (Wildman–Crippen MR) is 61.7 cm³/mol. The van der Waals surface area contributed by atoms with E-state index in [1.165, 1.54) is 18.4 Å². The maximum absolute atomic E-state index is 9.08. The summed E-state index contributed by atoms with van der Waals surface area (Å²) in [6, 6.07) is 3.27. The molecule has 0 amide bonds. The van der Waals surface area contributed by atoms with Crippen LogP contribution >= 0.6 is 11.3 Å². The molecule has 0 aliphatic rings. The Balaban J connectivity index is 2.45. The fourth-order valence-corrected chi connectivity index (χ4v) is 1.88. The van der Waals surface area contributed by atoms with E-state index in [4.69, 9.17) is 14.8 Å². The molecule has 0 saturated carbocycles. The highest BCUT2D eigenvalue weighted by Crippen LogP contribution is 2.22. The van der Waals surface area contributed by atoms with E-state index >= 15 is 0 Å². The Labute approximate surface area is 96.5 Å². The lowest BCUT2D eigenvalue weighted by Crippen LogP contribution is -2.31. The molecule has 16 heavy (non-hydrogen) atoms. The first-order valence-electron chi connectivity index (χ1n) is 4.52. The molecule has 0 atom stereocenters. The van der Waals surface area contributed by atoms with E-state index in [1.807, 2.05) is 0 Å². The fourth-order valence-electron chi connectivity index (χ4n) is 1.29. The van der Waals surface area contributed by atoms with E-state index in [2.05, 4.69) is 9.97 Å². The first kappa shape index (κ1) is 11.1. The lowest BCUT2D eigenvalue weighted by Gasteiger charge is -2.07. The Morgan fingerprint density at radius 2 is 2.19 bits per heavy atom. The van der Waals surface area contributed by atoms with Crippen LogP contribution in [0.3, 0.4) is 0 Å². The molecule has 7 heteroatoms. The van der Waals surface area contributed by atoms with Crippen LogP contribution in [-0.4, -0.2) is 34.2 Å². The zero-order valence-electron chi connectivity index (χ0n) is 8.49. The second-order valence-corrected chi connectivity index (χ2v) is 3.92. The van der Waals surface area contributed by atoms with Crippen LogP contribution in [0.1, 0.15) is 0 Å². The second kappa shape index (κ2) is 4.61. The van der Waals surface area contributed by atoms with Gasteiger partial charge in [0.05, 0.1) is 23.2 Å². The molecule has 0 aliphatic carbocycles. The number of pyridine rings is 1. The van der Waals surface area contributed by atoms with Crippen molar-refractivity contribution in [2.75, 3.05) is 7.11 Å². The van der Waals surface area contributed by atoms with Crippen LogP contribution in [0.25, 0.3) is 10.6 Å². The van der Waals surface area contributed by atoms with Crippen molar-refractivity contribution in [3.05, 3.63) is 23.8 Å². The van der Waals surface area contributed by atoms with Gasteiger partial charge in [-0.1, -0.05) is 6.07 Å². The van der Waals surface area contributed by atoms with Crippen molar-refractivity contribution in [2.45, 2.75) is 0 Å². The van der Waals surface area contributed by atoms with Crippen molar-refractivity contribution < 1.29 is 14.8 Å². The Hall–Kier alpha value is -1.44. The number of ether oxygens (including phenoxy) is 1. The van der Waals surface area contributed by atoms with Crippen LogP contribution in [-0.2, 0) is 0 Å². The topological polar surface area (TPSA) is 75.5 Å². The van der Waals surface area contributed by atoms with Crippen LogP contribution in [0.4, 0.5) is 0 Å². The third kappa shape index (κ3) is 2.06.